The molecule has 0 spiro atoms. The number of anilines is 2. The van der Waals surface area contributed by atoms with E-state index < -0.39 is 6.10 Å². The molecule has 1 N–H and O–H groups in total. The number of hydrogen-bond acceptors (Lipinski definition) is 4. The van der Waals surface area contributed by atoms with Crippen LogP contribution in [-0.4, -0.2) is 48.9 Å². The lowest BCUT2D eigenvalue weighted by molar-refractivity contribution is -0.134. The third-order valence-electron chi connectivity index (χ3n) is 4.51. The lowest BCUT2D eigenvalue weighted by Gasteiger charge is -2.33. The minimum Gasteiger partial charge on any atom is -0.479 e. The van der Waals surface area contributed by atoms with Crippen LogP contribution in [0.5, 0.6) is 5.75 Å². The van der Waals surface area contributed by atoms with E-state index in [1.54, 1.807) is 37.3 Å². The maximum Gasteiger partial charge on any atom is 0.268 e. The Balaban J connectivity index is 1.63. The molecule has 0 aromatic heterocycles. The van der Waals surface area contributed by atoms with Crippen LogP contribution in [-0.2, 0) is 14.4 Å². The van der Waals surface area contributed by atoms with Crippen LogP contribution < -0.4 is 15.0 Å². The molecule has 3 amide bonds. The van der Waals surface area contributed by atoms with Gasteiger partial charge in [0.25, 0.3) is 5.91 Å². The third-order valence-corrected chi connectivity index (χ3v) is 4.51. The van der Waals surface area contributed by atoms with Crippen molar-refractivity contribution in [3.63, 3.8) is 0 Å². The molecule has 0 aliphatic carbocycles. The number of para-hydroxylation sites is 2. The van der Waals surface area contributed by atoms with E-state index in [0.717, 1.165) is 5.56 Å². The molecule has 1 aliphatic heterocycles. The van der Waals surface area contributed by atoms with Gasteiger partial charge in [-0.3, -0.25) is 19.3 Å². The highest BCUT2D eigenvalue weighted by molar-refractivity contribution is 6.04. The molecule has 7 heteroatoms. The van der Waals surface area contributed by atoms with Gasteiger partial charge >= 0.3 is 0 Å². The standard InChI is InChI=1S/C21H23N3O4/c1-14-8-10-16(11-9-14)22-19(25)12-23(3)20(26)13-24-17-6-4-5-7-18(17)28-15(2)21(24)27/h4-11,15H,12-13H2,1-3H3,(H,22,25)/t15-/m1/s1. The number of aryl methyl sites for hydroxylation is 1. The van der Waals surface area contributed by atoms with Crippen LogP contribution in [0.2, 0.25) is 0 Å². The molecule has 0 radical (unpaired) electrons. The molecular formula is C21H23N3O4. The van der Waals surface area contributed by atoms with E-state index in [4.69, 9.17) is 4.74 Å². The van der Waals surface area contributed by atoms with E-state index in [1.165, 1.54) is 16.8 Å². The zero-order chi connectivity index (χ0) is 20.3. The molecule has 2 aromatic carbocycles. The second kappa shape index (κ2) is 8.12. The Labute approximate surface area is 163 Å². The number of benzene rings is 2. The molecule has 1 aliphatic rings. The van der Waals surface area contributed by atoms with E-state index >= 15 is 0 Å². The Morgan fingerprint density at radius 2 is 1.82 bits per heavy atom. The van der Waals surface area contributed by atoms with Crippen LogP contribution in [0.15, 0.2) is 48.5 Å². The summed E-state index contributed by atoms with van der Waals surface area (Å²) < 4.78 is 5.58. The summed E-state index contributed by atoms with van der Waals surface area (Å²) in [6.07, 6.45) is -0.669. The molecule has 1 heterocycles. The molecule has 146 valence electrons. The summed E-state index contributed by atoms with van der Waals surface area (Å²) in [4.78, 5) is 40.0. The quantitative estimate of drug-likeness (QED) is 0.861. The van der Waals surface area contributed by atoms with Crippen LogP contribution >= 0.6 is 0 Å². The lowest BCUT2D eigenvalue weighted by atomic mass is 10.2. The number of fused-ring (bicyclic) bond motifs is 1. The maximum absolute atomic E-state index is 12.6. The maximum atomic E-state index is 12.6. The number of hydrogen-bond donors (Lipinski definition) is 1. The molecule has 0 fully saturated rings. The molecular weight excluding hydrogens is 358 g/mol. The minimum atomic E-state index is -0.669. The first kappa shape index (κ1) is 19.4. The summed E-state index contributed by atoms with van der Waals surface area (Å²) in [5.74, 6) is -0.371. The molecule has 7 nitrogen and oxygen atoms in total. The van der Waals surface area contributed by atoms with Crippen molar-refractivity contribution in [2.24, 2.45) is 0 Å². The molecule has 0 saturated carbocycles. The predicted octanol–water partition coefficient (Wildman–Crippen LogP) is 2.21. The Bertz CT molecular complexity index is 895. The summed E-state index contributed by atoms with van der Waals surface area (Å²) in [6, 6.07) is 14.5. The molecule has 3 rings (SSSR count). The molecule has 0 bridgehead atoms. The van der Waals surface area contributed by atoms with Crippen LogP contribution in [0.1, 0.15) is 12.5 Å². The van der Waals surface area contributed by atoms with Crippen molar-refractivity contribution in [2.45, 2.75) is 20.0 Å². The normalized spacial score (nSPS) is 15.5. The average molecular weight is 381 g/mol. The number of carbonyl (C=O) groups is 3. The van der Waals surface area contributed by atoms with Gasteiger partial charge in [0.1, 0.15) is 12.3 Å². The van der Waals surface area contributed by atoms with Crippen molar-refractivity contribution < 1.29 is 19.1 Å². The van der Waals surface area contributed by atoms with Crippen LogP contribution in [0.25, 0.3) is 0 Å². The Morgan fingerprint density at radius 3 is 2.54 bits per heavy atom. The summed E-state index contributed by atoms with van der Waals surface area (Å²) in [5, 5.41) is 2.76. The minimum absolute atomic E-state index is 0.109. The van der Waals surface area contributed by atoms with Gasteiger partial charge in [0.05, 0.1) is 12.2 Å². The number of nitrogens with one attached hydrogen (secondary N) is 1. The van der Waals surface area contributed by atoms with Gasteiger partial charge in [0, 0.05) is 12.7 Å². The smallest absolute Gasteiger partial charge is 0.268 e. The molecule has 1 atom stereocenters. The summed E-state index contributed by atoms with van der Waals surface area (Å²) in [5.41, 5.74) is 2.31. The highest BCUT2D eigenvalue weighted by Crippen LogP contribution is 2.33. The monoisotopic (exact) mass is 381 g/mol. The molecule has 2 aromatic rings. The van der Waals surface area contributed by atoms with E-state index in [9.17, 15) is 14.4 Å². The van der Waals surface area contributed by atoms with Gasteiger partial charge in [0.2, 0.25) is 11.8 Å². The van der Waals surface area contributed by atoms with Gasteiger partial charge in [-0.2, -0.15) is 0 Å². The number of likely N-dealkylation sites (N-methyl/N-ethyl adjacent to an activating group) is 1. The van der Waals surface area contributed by atoms with Crippen molar-refractivity contribution >= 4 is 29.1 Å². The van der Waals surface area contributed by atoms with Crippen LogP contribution in [0.3, 0.4) is 0 Å². The first-order chi connectivity index (χ1) is 13.3. The second-order valence-electron chi connectivity index (χ2n) is 6.82. The van der Waals surface area contributed by atoms with Gasteiger partial charge < -0.3 is 15.0 Å². The van der Waals surface area contributed by atoms with E-state index in [1.807, 2.05) is 25.1 Å². The number of nitrogens with zero attached hydrogens (tertiary/aromatic N) is 2. The van der Waals surface area contributed by atoms with E-state index in [-0.39, 0.29) is 30.8 Å². The summed E-state index contributed by atoms with van der Waals surface area (Å²) >= 11 is 0. The summed E-state index contributed by atoms with van der Waals surface area (Å²) in [7, 11) is 1.54. The Kier molecular flexibility index (Phi) is 5.63. The van der Waals surface area contributed by atoms with Gasteiger partial charge in [-0.1, -0.05) is 29.8 Å². The zero-order valence-electron chi connectivity index (χ0n) is 16.1. The van der Waals surface area contributed by atoms with Crippen molar-refractivity contribution in [1.82, 2.24) is 4.90 Å². The Morgan fingerprint density at radius 1 is 1.14 bits per heavy atom. The Hall–Kier alpha value is -3.35. The molecule has 0 unspecified atom stereocenters. The number of rotatable bonds is 5. The second-order valence-corrected chi connectivity index (χ2v) is 6.82. The van der Waals surface area contributed by atoms with Gasteiger partial charge in [-0.15, -0.1) is 0 Å². The first-order valence-electron chi connectivity index (χ1n) is 9.02. The van der Waals surface area contributed by atoms with Crippen molar-refractivity contribution in [3.05, 3.63) is 54.1 Å². The molecule has 28 heavy (non-hydrogen) atoms. The lowest BCUT2D eigenvalue weighted by Crippen LogP contribution is -2.49. The summed E-state index contributed by atoms with van der Waals surface area (Å²) in [6.45, 7) is 3.35. The largest absolute Gasteiger partial charge is 0.479 e. The number of ether oxygens (including phenoxy) is 1. The third kappa shape index (κ3) is 4.31. The fourth-order valence-electron chi connectivity index (χ4n) is 2.92. The predicted molar refractivity (Wildman–Crippen MR) is 106 cm³/mol. The van der Waals surface area contributed by atoms with Crippen molar-refractivity contribution in [2.75, 3.05) is 30.4 Å². The van der Waals surface area contributed by atoms with Crippen molar-refractivity contribution in [3.8, 4) is 5.75 Å². The highest BCUT2D eigenvalue weighted by Gasteiger charge is 2.33. The number of amides is 3. The van der Waals surface area contributed by atoms with Crippen molar-refractivity contribution in [1.29, 1.82) is 0 Å². The van der Waals surface area contributed by atoms with Gasteiger partial charge in [-0.05, 0) is 38.1 Å². The van der Waals surface area contributed by atoms with Gasteiger partial charge in [0.15, 0.2) is 6.10 Å². The first-order valence-corrected chi connectivity index (χ1v) is 9.02. The zero-order valence-corrected chi connectivity index (χ0v) is 16.1. The number of carbonyl (C=O) groups excluding carboxylic acids is 3. The highest BCUT2D eigenvalue weighted by atomic mass is 16.5. The van der Waals surface area contributed by atoms with Crippen LogP contribution in [0, 0.1) is 6.92 Å². The van der Waals surface area contributed by atoms with Gasteiger partial charge in [-0.25, -0.2) is 0 Å². The fraction of sp³-hybridized carbons (Fsp3) is 0.286. The molecule has 0 saturated heterocycles. The van der Waals surface area contributed by atoms with Crippen LogP contribution in [0.4, 0.5) is 11.4 Å². The van der Waals surface area contributed by atoms with E-state index in [0.29, 0.717) is 17.1 Å². The van der Waals surface area contributed by atoms with E-state index in [2.05, 4.69) is 5.32 Å². The average Bonchev–Trinajstić information content (AvgIpc) is 2.67. The topological polar surface area (TPSA) is 79.0 Å². The SMILES string of the molecule is Cc1ccc(NC(=O)CN(C)C(=O)CN2C(=O)[C@@H](C)Oc3ccccc32)cc1. The fourth-order valence-corrected chi connectivity index (χ4v) is 2.92.